The van der Waals surface area contributed by atoms with E-state index in [1.165, 1.54) is 0 Å². The molecule has 1 unspecified atom stereocenters. The fourth-order valence-electron chi connectivity index (χ4n) is 1.06. The van der Waals surface area contributed by atoms with Crippen LogP contribution in [0.15, 0.2) is 43.0 Å². The lowest BCUT2D eigenvalue weighted by molar-refractivity contribution is 0.408. The van der Waals surface area contributed by atoms with Crippen molar-refractivity contribution in [3.05, 3.63) is 48.6 Å². The summed E-state index contributed by atoms with van der Waals surface area (Å²) in [5.41, 5.74) is 0.451. The summed E-state index contributed by atoms with van der Waals surface area (Å²) in [6.45, 7) is 3.32. The van der Waals surface area contributed by atoms with Crippen LogP contribution in [0.5, 0.6) is 0 Å². The zero-order chi connectivity index (χ0) is 9.90. The largest absolute Gasteiger partial charge is 0.305 e. The van der Waals surface area contributed by atoms with Crippen LogP contribution < -0.4 is 0 Å². The van der Waals surface area contributed by atoms with Crippen LogP contribution in [0, 0.1) is 0 Å². The van der Waals surface area contributed by atoms with Crippen LogP contribution in [0.3, 0.4) is 0 Å². The fraction of sp³-hybridized carbons (Fsp3) is 0.111. The normalized spacial score (nSPS) is 13.6. The van der Waals surface area contributed by atoms with Crippen molar-refractivity contribution < 1.29 is 13.0 Å². The average molecular weight is 197 g/mol. The first kappa shape index (κ1) is 9.95. The van der Waals surface area contributed by atoms with Gasteiger partial charge in [0.25, 0.3) is 0 Å². The Kier molecular flexibility index (Phi) is 2.85. The molecular formula is C9H9O3S. The van der Waals surface area contributed by atoms with Crippen molar-refractivity contribution in [1.82, 2.24) is 0 Å². The van der Waals surface area contributed by atoms with E-state index >= 15 is 0 Å². The van der Waals surface area contributed by atoms with E-state index in [4.69, 9.17) is 0 Å². The van der Waals surface area contributed by atoms with E-state index < -0.39 is 15.4 Å². The molecule has 13 heavy (non-hydrogen) atoms. The first-order valence-corrected chi connectivity index (χ1v) is 5.15. The lowest BCUT2D eigenvalue weighted by Crippen LogP contribution is -2.07. The monoisotopic (exact) mass is 197 g/mol. The van der Waals surface area contributed by atoms with Crippen molar-refractivity contribution in [2.24, 2.45) is 0 Å². The van der Waals surface area contributed by atoms with Gasteiger partial charge in [0.1, 0.15) is 5.25 Å². The maximum atomic E-state index is 10.7. The minimum atomic E-state index is -4.34. The lowest BCUT2D eigenvalue weighted by atomic mass is 10.1. The van der Waals surface area contributed by atoms with Crippen molar-refractivity contribution in [1.29, 1.82) is 0 Å². The van der Waals surface area contributed by atoms with Gasteiger partial charge in [-0.1, -0.05) is 41.0 Å². The van der Waals surface area contributed by atoms with Crippen LogP contribution in [-0.4, -0.2) is 8.42 Å². The molecule has 0 spiro atoms. The molecule has 1 rings (SSSR count). The molecule has 0 aliphatic carbocycles. The van der Waals surface area contributed by atoms with Crippen LogP contribution in [0.4, 0.5) is 0 Å². The highest BCUT2D eigenvalue weighted by atomic mass is 32.2. The van der Waals surface area contributed by atoms with Gasteiger partial charge in [0.2, 0.25) is 0 Å². The molecule has 0 heterocycles. The van der Waals surface area contributed by atoms with E-state index in [0.29, 0.717) is 5.56 Å². The molecular weight excluding hydrogens is 188 g/mol. The molecule has 1 atom stereocenters. The van der Waals surface area contributed by atoms with Gasteiger partial charge in [-0.3, -0.25) is 0 Å². The summed E-state index contributed by atoms with van der Waals surface area (Å²) in [4.78, 5) is 0. The van der Waals surface area contributed by atoms with Gasteiger partial charge in [0.05, 0.1) is 0 Å². The van der Waals surface area contributed by atoms with Gasteiger partial charge in [-0.15, -0.1) is 6.58 Å². The third-order valence-corrected chi connectivity index (χ3v) is 2.74. The Labute approximate surface area is 77.5 Å². The SMILES string of the molecule is C=CC(c1ccccc1)S([O])(=O)=O. The quantitative estimate of drug-likeness (QED) is 0.692. The van der Waals surface area contributed by atoms with Crippen molar-refractivity contribution in [2.45, 2.75) is 5.25 Å². The summed E-state index contributed by atoms with van der Waals surface area (Å²) in [7, 11) is -4.34. The van der Waals surface area contributed by atoms with E-state index in [-0.39, 0.29) is 0 Å². The molecule has 0 saturated carbocycles. The molecule has 0 amide bonds. The number of hydrogen-bond acceptors (Lipinski definition) is 2. The summed E-state index contributed by atoms with van der Waals surface area (Å²) in [5, 5.41) is -1.14. The van der Waals surface area contributed by atoms with Crippen LogP contribution in [0.2, 0.25) is 0 Å². The Bertz CT molecular complexity index is 381. The predicted molar refractivity (Wildman–Crippen MR) is 49.0 cm³/mol. The number of benzene rings is 1. The highest BCUT2D eigenvalue weighted by Crippen LogP contribution is 2.21. The Balaban J connectivity index is 3.13. The topological polar surface area (TPSA) is 54.0 Å². The maximum Gasteiger partial charge on any atom is 0.305 e. The van der Waals surface area contributed by atoms with Gasteiger partial charge in [-0.2, -0.15) is 8.42 Å². The summed E-state index contributed by atoms with van der Waals surface area (Å²) in [6, 6.07) is 8.28. The van der Waals surface area contributed by atoms with Crippen LogP contribution in [-0.2, 0) is 14.7 Å². The third-order valence-electron chi connectivity index (χ3n) is 1.65. The number of rotatable bonds is 3. The molecule has 0 aromatic heterocycles. The highest BCUT2D eigenvalue weighted by Gasteiger charge is 2.22. The lowest BCUT2D eigenvalue weighted by Gasteiger charge is -2.06. The fourth-order valence-corrected chi connectivity index (χ4v) is 1.79. The molecule has 3 nitrogen and oxygen atoms in total. The maximum absolute atomic E-state index is 10.7. The van der Waals surface area contributed by atoms with Crippen molar-refractivity contribution in [3.8, 4) is 0 Å². The zero-order valence-electron chi connectivity index (χ0n) is 6.88. The van der Waals surface area contributed by atoms with Crippen LogP contribution in [0.25, 0.3) is 0 Å². The van der Waals surface area contributed by atoms with Crippen LogP contribution >= 0.6 is 0 Å². The third kappa shape index (κ3) is 2.40. The minimum Gasteiger partial charge on any atom is -0.196 e. The second kappa shape index (κ2) is 3.72. The standard InChI is InChI=1S/C9H9O3S/c1-2-9(13(10,11)12)8-6-4-3-5-7-8/h2-7,9H,1H2. The molecule has 0 N–H and O–H groups in total. The second-order valence-corrected chi connectivity index (χ2v) is 4.05. The average Bonchev–Trinajstić information content (AvgIpc) is 2.05. The first-order valence-electron chi connectivity index (χ1n) is 3.68. The van der Waals surface area contributed by atoms with E-state index in [0.717, 1.165) is 6.08 Å². The highest BCUT2D eigenvalue weighted by molar-refractivity contribution is 7.86. The Hall–Kier alpha value is -1.13. The zero-order valence-corrected chi connectivity index (χ0v) is 7.70. The molecule has 1 aromatic carbocycles. The molecule has 0 fully saturated rings. The van der Waals surface area contributed by atoms with Crippen molar-refractivity contribution >= 4 is 10.1 Å². The predicted octanol–water partition coefficient (Wildman–Crippen LogP) is 1.67. The van der Waals surface area contributed by atoms with Gasteiger partial charge in [0.15, 0.2) is 0 Å². The smallest absolute Gasteiger partial charge is 0.196 e. The summed E-state index contributed by atoms with van der Waals surface area (Å²) in [5.74, 6) is 0. The Morgan fingerprint density at radius 2 is 1.77 bits per heavy atom. The van der Waals surface area contributed by atoms with E-state index in [1.807, 2.05) is 0 Å². The summed E-state index contributed by atoms with van der Waals surface area (Å²) >= 11 is 0. The van der Waals surface area contributed by atoms with Gasteiger partial charge in [0, 0.05) is 0 Å². The van der Waals surface area contributed by atoms with Crippen LogP contribution in [0.1, 0.15) is 10.8 Å². The number of hydrogen-bond donors (Lipinski definition) is 0. The van der Waals surface area contributed by atoms with Gasteiger partial charge in [-0.05, 0) is 5.56 Å². The van der Waals surface area contributed by atoms with E-state index in [2.05, 4.69) is 6.58 Å². The van der Waals surface area contributed by atoms with E-state index in [9.17, 15) is 13.0 Å². The Morgan fingerprint density at radius 3 is 2.15 bits per heavy atom. The van der Waals surface area contributed by atoms with Crippen molar-refractivity contribution in [3.63, 3.8) is 0 Å². The molecule has 69 valence electrons. The minimum absolute atomic E-state index is 0.451. The molecule has 1 radical (unpaired) electrons. The summed E-state index contributed by atoms with van der Waals surface area (Å²) < 4.78 is 32.2. The van der Waals surface area contributed by atoms with Gasteiger partial charge in [-0.25, -0.2) is 0 Å². The molecule has 1 aromatic rings. The molecule has 4 heteroatoms. The first-order chi connectivity index (χ1) is 6.05. The Morgan fingerprint density at radius 1 is 1.23 bits per heavy atom. The molecule has 0 aliphatic heterocycles. The van der Waals surface area contributed by atoms with Gasteiger partial charge < -0.3 is 0 Å². The van der Waals surface area contributed by atoms with E-state index in [1.54, 1.807) is 30.3 Å². The van der Waals surface area contributed by atoms with Gasteiger partial charge >= 0.3 is 10.1 Å². The van der Waals surface area contributed by atoms with Crippen molar-refractivity contribution in [2.75, 3.05) is 0 Å². The second-order valence-electron chi connectivity index (χ2n) is 2.56. The molecule has 0 bridgehead atoms. The summed E-state index contributed by atoms with van der Waals surface area (Å²) in [6.07, 6.45) is 1.14. The molecule has 0 saturated heterocycles. The molecule has 0 aliphatic rings.